The van der Waals surface area contributed by atoms with Crippen LogP contribution in [0, 0.1) is 5.82 Å². The number of anilines is 1. The van der Waals surface area contributed by atoms with Gasteiger partial charge in [0.05, 0.1) is 23.9 Å². The smallest absolute Gasteiger partial charge is 0.261 e. The molecule has 0 unspecified atom stereocenters. The second-order valence-electron chi connectivity index (χ2n) is 8.04. The maximum absolute atomic E-state index is 13.4. The van der Waals surface area contributed by atoms with E-state index in [1.165, 1.54) is 12.1 Å². The third kappa shape index (κ3) is 4.72. The van der Waals surface area contributed by atoms with Crippen molar-refractivity contribution in [2.75, 3.05) is 24.5 Å². The number of nitrogens with zero attached hydrogens (tertiary/aromatic N) is 3. The molecule has 3 aromatic rings. The highest BCUT2D eigenvalue weighted by Crippen LogP contribution is 2.30. The standard InChI is InChI=1S/C25H27FN4O2/c1-2-30(21-9-4-3-5-10-21)25(32)22-17-27-28-24(22)19-11-13-29(14-12-19)23(31)16-18-7-6-8-20(26)15-18/h3-10,15,17,19H,2,11-14,16H2,1H3,(H,27,28). The summed E-state index contributed by atoms with van der Waals surface area (Å²) in [5, 5.41) is 7.19. The number of hydrogen-bond acceptors (Lipinski definition) is 3. The van der Waals surface area contributed by atoms with Gasteiger partial charge in [0.2, 0.25) is 5.91 Å². The molecule has 0 radical (unpaired) electrons. The molecule has 0 saturated carbocycles. The molecular weight excluding hydrogens is 407 g/mol. The van der Waals surface area contributed by atoms with Crippen molar-refractivity contribution in [3.8, 4) is 0 Å². The van der Waals surface area contributed by atoms with Crippen molar-refractivity contribution in [2.24, 2.45) is 0 Å². The van der Waals surface area contributed by atoms with Crippen LogP contribution in [0.4, 0.5) is 10.1 Å². The Hall–Kier alpha value is -3.48. The Morgan fingerprint density at radius 1 is 1.12 bits per heavy atom. The summed E-state index contributed by atoms with van der Waals surface area (Å²) in [6.07, 6.45) is 3.28. The monoisotopic (exact) mass is 434 g/mol. The van der Waals surface area contributed by atoms with Crippen LogP contribution in [-0.2, 0) is 11.2 Å². The first kappa shape index (κ1) is 21.7. The molecule has 1 N–H and O–H groups in total. The zero-order valence-electron chi connectivity index (χ0n) is 18.1. The summed E-state index contributed by atoms with van der Waals surface area (Å²) in [6.45, 7) is 3.71. The largest absolute Gasteiger partial charge is 0.342 e. The number of halogens is 1. The minimum Gasteiger partial charge on any atom is -0.342 e. The van der Waals surface area contributed by atoms with Gasteiger partial charge in [0.25, 0.3) is 5.91 Å². The van der Waals surface area contributed by atoms with Gasteiger partial charge in [-0.1, -0.05) is 30.3 Å². The molecule has 7 heteroatoms. The van der Waals surface area contributed by atoms with E-state index in [2.05, 4.69) is 10.2 Å². The molecule has 1 saturated heterocycles. The lowest BCUT2D eigenvalue weighted by atomic mass is 9.90. The fourth-order valence-corrected chi connectivity index (χ4v) is 4.33. The molecular formula is C25H27FN4O2. The van der Waals surface area contributed by atoms with Crippen molar-refractivity contribution in [2.45, 2.75) is 32.1 Å². The molecule has 1 aromatic heterocycles. The molecule has 6 nitrogen and oxygen atoms in total. The molecule has 1 aliphatic heterocycles. The van der Waals surface area contributed by atoms with Gasteiger partial charge in [0.1, 0.15) is 5.82 Å². The van der Waals surface area contributed by atoms with E-state index in [4.69, 9.17) is 0 Å². The number of aromatic nitrogens is 2. The molecule has 32 heavy (non-hydrogen) atoms. The Morgan fingerprint density at radius 2 is 1.88 bits per heavy atom. The number of rotatable bonds is 6. The number of benzene rings is 2. The average Bonchev–Trinajstić information content (AvgIpc) is 3.30. The molecule has 0 atom stereocenters. The number of aromatic amines is 1. The quantitative estimate of drug-likeness (QED) is 0.633. The molecule has 1 aliphatic rings. The second kappa shape index (κ2) is 9.77. The zero-order chi connectivity index (χ0) is 22.5. The predicted octanol–water partition coefficient (Wildman–Crippen LogP) is 4.16. The molecule has 4 rings (SSSR count). The summed E-state index contributed by atoms with van der Waals surface area (Å²) in [4.78, 5) is 29.5. The van der Waals surface area contributed by atoms with E-state index in [0.29, 0.717) is 30.8 Å². The molecule has 0 aliphatic carbocycles. The van der Waals surface area contributed by atoms with Crippen molar-refractivity contribution >= 4 is 17.5 Å². The fourth-order valence-electron chi connectivity index (χ4n) is 4.33. The molecule has 2 amide bonds. The van der Waals surface area contributed by atoms with Gasteiger partial charge in [0.15, 0.2) is 0 Å². The summed E-state index contributed by atoms with van der Waals surface area (Å²) in [5.41, 5.74) is 2.95. The number of H-pyrrole nitrogens is 1. The first-order valence-electron chi connectivity index (χ1n) is 11.0. The van der Waals surface area contributed by atoms with Crippen LogP contribution in [0.5, 0.6) is 0 Å². The number of para-hydroxylation sites is 1. The average molecular weight is 435 g/mol. The zero-order valence-corrected chi connectivity index (χ0v) is 18.1. The van der Waals surface area contributed by atoms with Gasteiger partial charge < -0.3 is 9.80 Å². The highest BCUT2D eigenvalue weighted by molar-refractivity contribution is 6.06. The minimum absolute atomic E-state index is 0.00352. The highest BCUT2D eigenvalue weighted by atomic mass is 19.1. The van der Waals surface area contributed by atoms with Crippen LogP contribution in [-0.4, -0.2) is 46.5 Å². The SMILES string of the molecule is CCN(C(=O)c1cn[nH]c1C1CCN(C(=O)Cc2cccc(F)c2)CC1)c1ccccc1. The second-order valence-corrected chi connectivity index (χ2v) is 8.04. The van der Waals surface area contributed by atoms with Crippen LogP contribution in [0.25, 0.3) is 0 Å². The Labute approximate surface area is 187 Å². The van der Waals surface area contributed by atoms with E-state index in [9.17, 15) is 14.0 Å². The number of likely N-dealkylation sites (tertiary alicyclic amines) is 1. The van der Waals surface area contributed by atoms with Crippen molar-refractivity contribution in [1.82, 2.24) is 15.1 Å². The van der Waals surface area contributed by atoms with Crippen molar-refractivity contribution in [3.63, 3.8) is 0 Å². The molecule has 2 heterocycles. The van der Waals surface area contributed by atoms with Gasteiger partial charge in [0, 0.05) is 31.2 Å². The first-order valence-corrected chi connectivity index (χ1v) is 11.0. The molecule has 0 spiro atoms. The Morgan fingerprint density at radius 3 is 2.56 bits per heavy atom. The van der Waals surface area contributed by atoms with Crippen molar-refractivity contribution < 1.29 is 14.0 Å². The lowest BCUT2D eigenvalue weighted by Crippen LogP contribution is -2.39. The lowest BCUT2D eigenvalue weighted by Gasteiger charge is -2.32. The Balaban J connectivity index is 1.41. The maximum atomic E-state index is 13.4. The van der Waals surface area contributed by atoms with E-state index in [-0.39, 0.29) is 30.0 Å². The van der Waals surface area contributed by atoms with Crippen molar-refractivity contribution in [1.29, 1.82) is 0 Å². The van der Waals surface area contributed by atoms with Gasteiger partial charge in [-0.15, -0.1) is 0 Å². The molecule has 1 fully saturated rings. The number of carbonyl (C=O) groups is 2. The van der Waals surface area contributed by atoms with E-state index in [0.717, 1.165) is 24.2 Å². The van der Waals surface area contributed by atoms with Crippen LogP contribution in [0.15, 0.2) is 60.8 Å². The highest BCUT2D eigenvalue weighted by Gasteiger charge is 2.29. The third-order valence-corrected chi connectivity index (χ3v) is 6.03. The van der Waals surface area contributed by atoms with E-state index < -0.39 is 0 Å². The summed E-state index contributed by atoms with van der Waals surface area (Å²) in [5.74, 6) is -0.283. The van der Waals surface area contributed by atoms with Gasteiger partial charge in [-0.2, -0.15) is 5.10 Å². The topological polar surface area (TPSA) is 69.3 Å². The number of nitrogens with one attached hydrogen (secondary N) is 1. The van der Waals surface area contributed by atoms with Gasteiger partial charge in [-0.3, -0.25) is 14.7 Å². The Kier molecular flexibility index (Phi) is 6.63. The van der Waals surface area contributed by atoms with Crippen molar-refractivity contribution in [3.05, 3.63) is 83.4 Å². The van der Waals surface area contributed by atoms with Gasteiger partial charge >= 0.3 is 0 Å². The van der Waals surface area contributed by atoms with E-state index in [1.807, 2.05) is 42.2 Å². The fraction of sp³-hybridized carbons (Fsp3) is 0.320. The van der Waals surface area contributed by atoms with Crippen LogP contribution >= 0.6 is 0 Å². The number of hydrogen-bond donors (Lipinski definition) is 1. The number of carbonyl (C=O) groups excluding carboxylic acids is 2. The van der Waals surface area contributed by atoms with E-state index in [1.54, 1.807) is 23.2 Å². The lowest BCUT2D eigenvalue weighted by molar-refractivity contribution is -0.131. The summed E-state index contributed by atoms with van der Waals surface area (Å²) in [7, 11) is 0. The van der Waals surface area contributed by atoms with Gasteiger partial charge in [-0.25, -0.2) is 4.39 Å². The first-order chi connectivity index (χ1) is 15.6. The summed E-state index contributed by atoms with van der Waals surface area (Å²) >= 11 is 0. The van der Waals surface area contributed by atoms with Gasteiger partial charge in [-0.05, 0) is 49.6 Å². The van der Waals surface area contributed by atoms with Crippen LogP contribution in [0.1, 0.15) is 47.3 Å². The maximum Gasteiger partial charge on any atom is 0.261 e. The number of amides is 2. The molecule has 0 bridgehead atoms. The molecule has 2 aromatic carbocycles. The summed E-state index contributed by atoms with van der Waals surface area (Å²) in [6, 6.07) is 15.8. The normalized spacial score (nSPS) is 14.4. The Bertz CT molecular complexity index is 1070. The van der Waals surface area contributed by atoms with Crippen LogP contribution < -0.4 is 4.90 Å². The van der Waals surface area contributed by atoms with Crippen LogP contribution in [0.2, 0.25) is 0 Å². The van der Waals surface area contributed by atoms with Crippen LogP contribution in [0.3, 0.4) is 0 Å². The van der Waals surface area contributed by atoms with E-state index >= 15 is 0 Å². The molecule has 166 valence electrons. The summed E-state index contributed by atoms with van der Waals surface area (Å²) < 4.78 is 13.4. The third-order valence-electron chi connectivity index (χ3n) is 6.03. The minimum atomic E-state index is -0.331. The number of piperidine rings is 1. The predicted molar refractivity (Wildman–Crippen MR) is 121 cm³/mol.